The fourth-order valence-electron chi connectivity index (χ4n) is 1.17. The van der Waals surface area contributed by atoms with E-state index in [4.69, 9.17) is 5.73 Å². The smallest absolute Gasteiger partial charge is 0.0314 e. The first-order chi connectivity index (χ1) is 8.33. The molecule has 1 nitrogen and oxygen atoms in total. The first-order valence-electron chi connectivity index (χ1n) is 5.83. The number of benzene rings is 1. The third-order valence-electron chi connectivity index (χ3n) is 2.13. The zero-order valence-electron chi connectivity index (χ0n) is 10.2. The second-order valence-corrected chi connectivity index (χ2v) is 3.65. The van der Waals surface area contributed by atoms with Crippen LogP contribution in [0, 0.1) is 23.7 Å². The number of unbranched alkanes of at least 4 members (excludes halogenated alkanes) is 2. The molecule has 0 fully saturated rings. The van der Waals surface area contributed by atoms with Gasteiger partial charge in [-0.05, 0) is 42.8 Å². The molecule has 0 saturated carbocycles. The fourth-order valence-corrected chi connectivity index (χ4v) is 1.17. The van der Waals surface area contributed by atoms with Gasteiger partial charge in [0, 0.05) is 17.7 Å². The summed E-state index contributed by atoms with van der Waals surface area (Å²) in [5.74, 6) is 12.0. The summed E-state index contributed by atoms with van der Waals surface area (Å²) in [6, 6.07) is 7.50. The van der Waals surface area contributed by atoms with Crippen molar-refractivity contribution in [3.05, 3.63) is 42.0 Å². The number of allylic oxidation sites excluding steroid dienone is 2. The van der Waals surface area contributed by atoms with Crippen molar-refractivity contribution < 1.29 is 0 Å². The van der Waals surface area contributed by atoms with E-state index in [-0.39, 0.29) is 0 Å². The Morgan fingerprint density at radius 3 is 2.53 bits per heavy atom. The van der Waals surface area contributed by atoms with Crippen LogP contribution >= 0.6 is 0 Å². The van der Waals surface area contributed by atoms with Crippen LogP contribution in [0.15, 0.2) is 36.4 Å². The minimum Gasteiger partial charge on any atom is -0.399 e. The van der Waals surface area contributed by atoms with Gasteiger partial charge in [-0.2, -0.15) is 0 Å². The molecule has 2 N–H and O–H groups in total. The zero-order chi connectivity index (χ0) is 12.3. The van der Waals surface area contributed by atoms with Crippen LogP contribution in [0.2, 0.25) is 0 Å². The Morgan fingerprint density at radius 1 is 1.12 bits per heavy atom. The Morgan fingerprint density at radius 2 is 1.82 bits per heavy atom. The lowest BCUT2D eigenvalue weighted by molar-refractivity contribution is 0.828. The van der Waals surface area contributed by atoms with Crippen LogP contribution < -0.4 is 5.73 Å². The molecule has 0 amide bonds. The van der Waals surface area contributed by atoms with Crippen molar-refractivity contribution in [3.63, 3.8) is 0 Å². The highest BCUT2D eigenvalue weighted by Crippen LogP contribution is 2.03. The Labute approximate surface area is 104 Å². The topological polar surface area (TPSA) is 26.0 Å². The summed E-state index contributed by atoms with van der Waals surface area (Å²) in [5, 5.41) is 0. The Bertz CT molecular complexity index is 472. The minimum absolute atomic E-state index is 0.757. The molecule has 0 heterocycles. The van der Waals surface area contributed by atoms with E-state index in [1.165, 1.54) is 6.42 Å². The van der Waals surface area contributed by atoms with Gasteiger partial charge in [-0.15, -0.1) is 0 Å². The van der Waals surface area contributed by atoms with Crippen molar-refractivity contribution in [2.75, 3.05) is 5.73 Å². The minimum atomic E-state index is 0.757. The molecule has 0 spiro atoms. The molecule has 1 rings (SSSR count). The van der Waals surface area contributed by atoms with E-state index >= 15 is 0 Å². The van der Waals surface area contributed by atoms with Gasteiger partial charge in [0.05, 0.1) is 0 Å². The van der Waals surface area contributed by atoms with E-state index in [2.05, 4.69) is 30.6 Å². The van der Waals surface area contributed by atoms with Gasteiger partial charge < -0.3 is 5.73 Å². The first kappa shape index (κ1) is 12.9. The van der Waals surface area contributed by atoms with E-state index < -0.39 is 0 Å². The molecule has 0 unspecified atom stereocenters. The predicted octanol–water partition coefficient (Wildman–Crippen LogP) is 3.37. The standard InChI is InChI=1S/C16H17N/c1-2-3-4-5-6-7-8-9-10-15-11-13-16(17)14-12-15/h7-8,11-14H,2-4,17H2,1H3. The molecule has 0 radical (unpaired) electrons. The quantitative estimate of drug-likeness (QED) is 0.464. The molecule has 0 atom stereocenters. The van der Waals surface area contributed by atoms with E-state index in [1.54, 1.807) is 12.2 Å². The molecule has 0 aromatic heterocycles. The molecule has 1 heteroatoms. The molecule has 0 saturated heterocycles. The average Bonchev–Trinajstić information content (AvgIpc) is 2.35. The van der Waals surface area contributed by atoms with Crippen molar-refractivity contribution in [1.29, 1.82) is 0 Å². The van der Waals surface area contributed by atoms with Crippen molar-refractivity contribution >= 4 is 5.69 Å². The molecule has 1 aromatic rings. The van der Waals surface area contributed by atoms with Crippen LogP contribution in [0.25, 0.3) is 0 Å². The molecular formula is C16H17N. The van der Waals surface area contributed by atoms with Crippen molar-refractivity contribution in [3.8, 4) is 23.7 Å². The maximum Gasteiger partial charge on any atom is 0.0314 e. The van der Waals surface area contributed by atoms with Crippen LogP contribution in [-0.4, -0.2) is 0 Å². The maximum atomic E-state index is 5.58. The molecule has 86 valence electrons. The lowest BCUT2D eigenvalue weighted by atomic mass is 10.2. The van der Waals surface area contributed by atoms with Gasteiger partial charge in [0.15, 0.2) is 0 Å². The van der Waals surface area contributed by atoms with Crippen molar-refractivity contribution in [1.82, 2.24) is 0 Å². The van der Waals surface area contributed by atoms with Crippen LogP contribution in [0.4, 0.5) is 5.69 Å². The highest BCUT2D eigenvalue weighted by atomic mass is 14.5. The second-order valence-electron chi connectivity index (χ2n) is 3.65. The van der Waals surface area contributed by atoms with E-state index in [1.807, 2.05) is 24.3 Å². The SMILES string of the molecule is CCCCC#CC=CC#Cc1ccc(N)cc1. The largest absolute Gasteiger partial charge is 0.399 e. The van der Waals surface area contributed by atoms with Crippen LogP contribution in [0.3, 0.4) is 0 Å². The van der Waals surface area contributed by atoms with Gasteiger partial charge >= 0.3 is 0 Å². The van der Waals surface area contributed by atoms with E-state index in [0.29, 0.717) is 0 Å². The number of nitrogen functional groups attached to an aromatic ring is 1. The van der Waals surface area contributed by atoms with E-state index in [9.17, 15) is 0 Å². The molecule has 1 aromatic carbocycles. The average molecular weight is 223 g/mol. The lowest BCUT2D eigenvalue weighted by Crippen LogP contribution is -1.82. The molecule has 0 aliphatic rings. The van der Waals surface area contributed by atoms with Gasteiger partial charge in [-0.3, -0.25) is 0 Å². The third kappa shape index (κ3) is 6.13. The zero-order valence-corrected chi connectivity index (χ0v) is 10.2. The summed E-state index contributed by atoms with van der Waals surface area (Å²) in [5.41, 5.74) is 7.30. The highest BCUT2D eigenvalue weighted by molar-refractivity contribution is 5.45. The fraction of sp³-hybridized carbons (Fsp3) is 0.250. The number of hydrogen-bond donors (Lipinski definition) is 1. The van der Waals surface area contributed by atoms with Crippen LogP contribution in [0.1, 0.15) is 31.7 Å². The summed E-state index contributed by atoms with van der Waals surface area (Å²) in [4.78, 5) is 0. The number of rotatable bonds is 2. The molecule has 0 aliphatic carbocycles. The molecule has 0 aliphatic heterocycles. The molecular weight excluding hydrogens is 206 g/mol. The summed E-state index contributed by atoms with van der Waals surface area (Å²) >= 11 is 0. The Hall–Kier alpha value is -2.12. The third-order valence-corrected chi connectivity index (χ3v) is 2.13. The lowest BCUT2D eigenvalue weighted by Gasteiger charge is -1.90. The summed E-state index contributed by atoms with van der Waals surface area (Å²) in [6.45, 7) is 2.16. The number of hydrogen-bond acceptors (Lipinski definition) is 1. The van der Waals surface area contributed by atoms with Gasteiger partial charge in [-0.25, -0.2) is 0 Å². The van der Waals surface area contributed by atoms with Crippen molar-refractivity contribution in [2.45, 2.75) is 26.2 Å². The predicted molar refractivity (Wildman–Crippen MR) is 74.2 cm³/mol. The van der Waals surface area contributed by atoms with Crippen LogP contribution in [0.5, 0.6) is 0 Å². The molecule has 17 heavy (non-hydrogen) atoms. The Kier molecular flexibility index (Phi) is 6.15. The van der Waals surface area contributed by atoms with Gasteiger partial charge in [0.2, 0.25) is 0 Å². The van der Waals surface area contributed by atoms with Gasteiger partial charge in [0.1, 0.15) is 0 Å². The first-order valence-corrected chi connectivity index (χ1v) is 5.83. The van der Waals surface area contributed by atoms with Gasteiger partial charge in [0.25, 0.3) is 0 Å². The second kappa shape index (κ2) is 8.08. The highest BCUT2D eigenvalue weighted by Gasteiger charge is 1.84. The number of anilines is 1. The summed E-state index contributed by atoms with van der Waals surface area (Å²) in [6.07, 6.45) is 6.88. The van der Waals surface area contributed by atoms with E-state index in [0.717, 1.165) is 24.1 Å². The maximum absolute atomic E-state index is 5.58. The van der Waals surface area contributed by atoms with Crippen LogP contribution in [-0.2, 0) is 0 Å². The summed E-state index contributed by atoms with van der Waals surface area (Å²) in [7, 11) is 0. The van der Waals surface area contributed by atoms with Crippen molar-refractivity contribution in [2.24, 2.45) is 0 Å². The number of nitrogens with two attached hydrogens (primary N) is 1. The van der Waals surface area contributed by atoms with Gasteiger partial charge in [-0.1, -0.05) is 37.0 Å². The monoisotopic (exact) mass is 223 g/mol. The normalized spacial score (nSPS) is 9.24. The Balaban J connectivity index is 2.42. The summed E-state index contributed by atoms with van der Waals surface area (Å²) < 4.78 is 0. The molecule has 0 bridgehead atoms.